The minimum Gasteiger partial charge on any atom is -0.372 e. The molecule has 0 aliphatic carbocycles. The zero-order valence-electron chi connectivity index (χ0n) is 15.0. The van der Waals surface area contributed by atoms with E-state index in [0.717, 1.165) is 22.0 Å². The second-order valence-corrected chi connectivity index (χ2v) is 6.69. The molecular formula is C19H20N6O2. The van der Waals surface area contributed by atoms with Crippen LogP contribution >= 0.6 is 0 Å². The maximum Gasteiger partial charge on any atom is 0.272 e. The van der Waals surface area contributed by atoms with Gasteiger partial charge in [-0.05, 0) is 32.3 Å². The number of nitrogens with zero attached hydrogens (tertiary/aromatic N) is 3. The Morgan fingerprint density at radius 1 is 1.19 bits per heavy atom. The second kappa shape index (κ2) is 6.82. The third-order valence-electron chi connectivity index (χ3n) is 4.29. The molecule has 2 aromatic heterocycles. The Morgan fingerprint density at radius 3 is 2.74 bits per heavy atom. The molecule has 2 aromatic carbocycles. The Hall–Kier alpha value is -3.23. The van der Waals surface area contributed by atoms with Crippen LogP contribution in [-0.4, -0.2) is 57.0 Å². The van der Waals surface area contributed by atoms with Crippen molar-refractivity contribution in [3.63, 3.8) is 0 Å². The average molecular weight is 364 g/mol. The van der Waals surface area contributed by atoms with E-state index in [-0.39, 0.29) is 5.56 Å². The van der Waals surface area contributed by atoms with E-state index in [1.807, 2.05) is 55.4 Å². The van der Waals surface area contributed by atoms with Crippen LogP contribution in [0.2, 0.25) is 0 Å². The SMILES string of the molecule is CN(C)CC(O)Nc1nc2cc(-c3n[nH]c(=O)c4ccccc34)ccc2[nH]1. The molecule has 0 spiro atoms. The number of hydrogen-bond acceptors (Lipinski definition) is 6. The van der Waals surface area contributed by atoms with E-state index in [9.17, 15) is 9.90 Å². The van der Waals surface area contributed by atoms with Gasteiger partial charge in [0.05, 0.1) is 22.1 Å². The minimum absolute atomic E-state index is 0.212. The number of hydrogen-bond donors (Lipinski definition) is 4. The van der Waals surface area contributed by atoms with Gasteiger partial charge in [-0.2, -0.15) is 5.10 Å². The van der Waals surface area contributed by atoms with Gasteiger partial charge in [0.2, 0.25) is 5.95 Å². The lowest BCUT2D eigenvalue weighted by atomic mass is 10.0. The molecule has 0 radical (unpaired) electrons. The molecular weight excluding hydrogens is 344 g/mol. The van der Waals surface area contributed by atoms with Gasteiger partial charge in [-0.25, -0.2) is 10.1 Å². The monoisotopic (exact) mass is 364 g/mol. The zero-order chi connectivity index (χ0) is 19.0. The number of rotatable bonds is 5. The predicted molar refractivity (Wildman–Crippen MR) is 106 cm³/mol. The fraction of sp³-hybridized carbons (Fsp3) is 0.211. The standard InChI is InChI=1S/C19H20N6O2/c1-25(2)10-16(26)22-19-20-14-8-7-11(9-15(14)21-19)17-12-5-3-4-6-13(12)18(27)24-23-17/h3-9,16,26H,10H2,1-2H3,(H,24,27)(H2,20,21,22). The summed E-state index contributed by atoms with van der Waals surface area (Å²) in [6.45, 7) is 0.468. The molecule has 138 valence electrons. The van der Waals surface area contributed by atoms with Gasteiger partial charge in [0.25, 0.3) is 5.56 Å². The summed E-state index contributed by atoms with van der Waals surface area (Å²) >= 11 is 0. The predicted octanol–water partition coefficient (Wildman–Crippen LogP) is 1.76. The molecule has 0 aliphatic heterocycles. The molecule has 0 saturated carbocycles. The molecule has 0 bridgehead atoms. The van der Waals surface area contributed by atoms with Crippen molar-refractivity contribution in [3.05, 3.63) is 52.8 Å². The van der Waals surface area contributed by atoms with Crippen LogP contribution in [0.25, 0.3) is 33.1 Å². The molecule has 1 unspecified atom stereocenters. The summed E-state index contributed by atoms with van der Waals surface area (Å²) in [5.74, 6) is 0.496. The van der Waals surface area contributed by atoms with Crippen LogP contribution < -0.4 is 10.9 Å². The number of fused-ring (bicyclic) bond motifs is 2. The zero-order valence-corrected chi connectivity index (χ0v) is 15.0. The van der Waals surface area contributed by atoms with Crippen LogP contribution in [0.5, 0.6) is 0 Å². The van der Waals surface area contributed by atoms with Crippen molar-refractivity contribution in [2.24, 2.45) is 0 Å². The van der Waals surface area contributed by atoms with E-state index in [2.05, 4.69) is 25.5 Å². The van der Waals surface area contributed by atoms with Gasteiger partial charge in [0.15, 0.2) is 0 Å². The summed E-state index contributed by atoms with van der Waals surface area (Å²) < 4.78 is 0. The number of nitrogens with one attached hydrogen (secondary N) is 3. The van der Waals surface area contributed by atoms with E-state index in [0.29, 0.717) is 23.6 Å². The Bertz CT molecular complexity index is 1160. The molecule has 27 heavy (non-hydrogen) atoms. The largest absolute Gasteiger partial charge is 0.372 e. The van der Waals surface area contributed by atoms with Crippen LogP contribution in [0.3, 0.4) is 0 Å². The highest BCUT2D eigenvalue weighted by Gasteiger charge is 2.12. The first-order valence-electron chi connectivity index (χ1n) is 8.58. The maximum atomic E-state index is 12.0. The fourth-order valence-corrected chi connectivity index (χ4v) is 3.11. The van der Waals surface area contributed by atoms with E-state index in [1.165, 1.54) is 0 Å². The molecule has 0 saturated heterocycles. The highest BCUT2D eigenvalue weighted by molar-refractivity contribution is 5.95. The Labute approximate surface area is 154 Å². The number of imidazole rings is 1. The molecule has 8 heteroatoms. The summed E-state index contributed by atoms with van der Waals surface area (Å²) in [5, 5.41) is 21.1. The van der Waals surface area contributed by atoms with Crippen molar-refractivity contribution in [1.82, 2.24) is 25.1 Å². The summed E-state index contributed by atoms with van der Waals surface area (Å²) in [6.07, 6.45) is -0.732. The smallest absolute Gasteiger partial charge is 0.272 e. The number of anilines is 1. The molecule has 8 nitrogen and oxygen atoms in total. The molecule has 4 aromatic rings. The van der Waals surface area contributed by atoms with Gasteiger partial charge >= 0.3 is 0 Å². The summed E-state index contributed by atoms with van der Waals surface area (Å²) in [6, 6.07) is 13.1. The van der Waals surface area contributed by atoms with Crippen LogP contribution in [-0.2, 0) is 0 Å². The van der Waals surface area contributed by atoms with Gasteiger partial charge in [0, 0.05) is 17.5 Å². The Kier molecular flexibility index (Phi) is 4.35. The van der Waals surface area contributed by atoms with Gasteiger partial charge in [0.1, 0.15) is 6.23 Å². The van der Waals surface area contributed by atoms with E-state index < -0.39 is 6.23 Å². The van der Waals surface area contributed by atoms with Crippen LogP contribution in [0.1, 0.15) is 0 Å². The molecule has 4 rings (SSSR count). The quantitative estimate of drug-likeness (QED) is 0.402. The van der Waals surface area contributed by atoms with Gasteiger partial charge in [-0.3, -0.25) is 4.79 Å². The normalized spacial score (nSPS) is 12.7. The number of aromatic nitrogens is 4. The second-order valence-electron chi connectivity index (χ2n) is 6.69. The highest BCUT2D eigenvalue weighted by Crippen LogP contribution is 2.27. The van der Waals surface area contributed by atoms with Crippen molar-refractivity contribution in [3.8, 4) is 11.3 Å². The average Bonchev–Trinajstić information content (AvgIpc) is 3.02. The lowest BCUT2D eigenvalue weighted by Crippen LogP contribution is -2.32. The number of aliphatic hydroxyl groups excluding tert-OH is 1. The van der Waals surface area contributed by atoms with Gasteiger partial charge in [-0.1, -0.05) is 24.3 Å². The number of benzene rings is 2. The first-order chi connectivity index (χ1) is 13.0. The van der Waals surface area contributed by atoms with E-state index >= 15 is 0 Å². The summed E-state index contributed by atoms with van der Waals surface area (Å²) in [5.41, 5.74) is 2.91. The first-order valence-corrected chi connectivity index (χ1v) is 8.58. The Balaban J connectivity index is 1.72. The third-order valence-corrected chi connectivity index (χ3v) is 4.29. The lowest BCUT2D eigenvalue weighted by Gasteiger charge is -2.16. The van der Waals surface area contributed by atoms with Crippen molar-refractivity contribution in [2.45, 2.75) is 6.23 Å². The van der Waals surface area contributed by atoms with Crippen molar-refractivity contribution in [1.29, 1.82) is 0 Å². The molecule has 4 N–H and O–H groups in total. The molecule has 1 atom stereocenters. The number of H-pyrrole nitrogens is 2. The molecule has 2 heterocycles. The van der Waals surface area contributed by atoms with Crippen LogP contribution in [0.4, 0.5) is 5.95 Å². The van der Waals surface area contributed by atoms with Crippen LogP contribution in [0.15, 0.2) is 47.3 Å². The molecule has 0 amide bonds. The fourth-order valence-electron chi connectivity index (χ4n) is 3.11. The number of aliphatic hydroxyl groups is 1. The van der Waals surface area contributed by atoms with Gasteiger partial charge < -0.3 is 20.3 Å². The van der Waals surface area contributed by atoms with Crippen molar-refractivity contribution < 1.29 is 5.11 Å². The highest BCUT2D eigenvalue weighted by atomic mass is 16.3. The van der Waals surface area contributed by atoms with Crippen molar-refractivity contribution >= 4 is 27.8 Å². The summed E-state index contributed by atoms with van der Waals surface area (Å²) in [4.78, 5) is 21.5. The number of likely N-dealkylation sites (N-methyl/N-ethyl adjacent to an activating group) is 1. The summed E-state index contributed by atoms with van der Waals surface area (Å²) in [7, 11) is 3.77. The molecule has 0 aliphatic rings. The Morgan fingerprint density at radius 2 is 1.96 bits per heavy atom. The van der Waals surface area contributed by atoms with Crippen LogP contribution in [0, 0.1) is 0 Å². The van der Waals surface area contributed by atoms with Crippen molar-refractivity contribution in [2.75, 3.05) is 26.0 Å². The maximum absolute atomic E-state index is 12.0. The lowest BCUT2D eigenvalue weighted by molar-refractivity contribution is 0.161. The van der Waals surface area contributed by atoms with Gasteiger partial charge in [-0.15, -0.1) is 0 Å². The third kappa shape index (κ3) is 3.40. The van der Waals surface area contributed by atoms with E-state index in [1.54, 1.807) is 6.07 Å². The minimum atomic E-state index is -0.732. The molecule has 0 fully saturated rings. The number of aromatic amines is 2. The van der Waals surface area contributed by atoms with E-state index in [4.69, 9.17) is 0 Å². The first kappa shape index (κ1) is 17.2. The topological polar surface area (TPSA) is 110 Å².